The van der Waals surface area contributed by atoms with E-state index in [-0.39, 0.29) is 5.97 Å². The van der Waals surface area contributed by atoms with Crippen molar-refractivity contribution in [1.29, 1.82) is 0 Å². The number of hydrogen-bond donors (Lipinski definition) is 0. The third-order valence-electron chi connectivity index (χ3n) is 2.25. The average Bonchev–Trinajstić information content (AvgIpc) is 2.77. The Labute approximate surface area is 109 Å². The van der Waals surface area contributed by atoms with Gasteiger partial charge in [-0.15, -0.1) is 0 Å². The molecule has 1 aromatic heterocycles. The average molecular weight is 305 g/mol. The summed E-state index contributed by atoms with van der Waals surface area (Å²) in [7, 11) is 0. The Hall–Kier alpha value is -0.350. The molecule has 0 aliphatic heterocycles. The number of halogens is 1. The molecule has 0 N–H and O–H groups in total. The molecule has 4 heteroatoms. The number of thiophene rings is 1. The first-order chi connectivity index (χ1) is 7.83. The van der Waals surface area contributed by atoms with E-state index in [9.17, 15) is 4.79 Å². The lowest BCUT2D eigenvalue weighted by molar-refractivity contribution is -0.143. The van der Waals surface area contributed by atoms with E-state index in [0.717, 1.165) is 31.0 Å². The number of carbonyl (C=O) groups excluding carboxylic acids is 1. The summed E-state index contributed by atoms with van der Waals surface area (Å²) in [6.07, 6.45) is 4.53. The summed E-state index contributed by atoms with van der Waals surface area (Å²) in [5.41, 5.74) is 1.25. The van der Waals surface area contributed by atoms with Crippen LogP contribution in [0.5, 0.6) is 0 Å². The van der Waals surface area contributed by atoms with Gasteiger partial charge in [-0.05, 0) is 35.2 Å². The van der Waals surface area contributed by atoms with Crippen LogP contribution >= 0.6 is 27.3 Å². The predicted molar refractivity (Wildman–Crippen MR) is 71.2 cm³/mol. The van der Waals surface area contributed by atoms with E-state index in [1.165, 1.54) is 5.56 Å². The van der Waals surface area contributed by atoms with E-state index in [1.807, 2.05) is 5.38 Å². The minimum atomic E-state index is -0.0650. The van der Waals surface area contributed by atoms with Crippen LogP contribution in [-0.2, 0) is 16.0 Å². The Morgan fingerprint density at radius 1 is 1.38 bits per heavy atom. The van der Waals surface area contributed by atoms with E-state index < -0.39 is 0 Å². The Bertz CT molecular complexity index is 285. The SMILES string of the molecule is O=C(CCCCCBr)OCCc1ccsc1. The molecule has 0 aliphatic carbocycles. The normalized spacial score (nSPS) is 10.3. The molecular formula is C12H17BrO2S. The molecule has 0 atom stereocenters. The van der Waals surface area contributed by atoms with Gasteiger partial charge in [0.15, 0.2) is 0 Å². The summed E-state index contributed by atoms with van der Waals surface area (Å²) in [6.45, 7) is 0.508. The molecule has 16 heavy (non-hydrogen) atoms. The zero-order valence-electron chi connectivity index (χ0n) is 9.28. The summed E-state index contributed by atoms with van der Waals surface area (Å²) in [4.78, 5) is 11.3. The second-order valence-corrected chi connectivity index (χ2v) is 5.17. The second kappa shape index (κ2) is 8.76. The standard InChI is InChI=1S/C12H17BrO2S/c13-7-3-1-2-4-12(14)15-8-5-11-6-9-16-10-11/h6,9-10H,1-5,7-8H2. The van der Waals surface area contributed by atoms with Gasteiger partial charge in [-0.3, -0.25) is 4.79 Å². The zero-order valence-corrected chi connectivity index (χ0v) is 11.7. The van der Waals surface area contributed by atoms with Crippen LogP contribution in [0.3, 0.4) is 0 Å². The van der Waals surface area contributed by atoms with Crippen molar-refractivity contribution < 1.29 is 9.53 Å². The van der Waals surface area contributed by atoms with Gasteiger partial charge in [0.25, 0.3) is 0 Å². The molecule has 1 heterocycles. The topological polar surface area (TPSA) is 26.3 Å². The van der Waals surface area contributed by atoms with Crippen LogP contribution in [0.25, 0.3) is 0 Å². The molecule has 0 spiro atoms. The summed E-state index contributed by atoms with van der Waals surface area (Å²) in [5.74, 6) is -0.0650. The van der Waals surface area contributed by atoms with Gasteiger partial charge < -0.3 is 4.74 Å². The molecule has 0 aliphatic rings. The molecule has 2 nitrogen and oxygen atoms in total. The van der Waals surface area contributed by atoms with Gasteiger partial charge >= 0.3 is 5.97 Å². The van der Waals surface area contributed by atoms with Crippen LogP contribution in [0.15, 0.2) is 16.8 Å². The smallest absolute Gasteiger partial charge is 0.305 e. The van der Waals surface area contributed by atoms with Gasteiger partial charge in [0.2, 0.25) is 0 Å². The van der Waals surface area contributed by atoms with Gasteiger partial charge in [-0.25, -0.2) is 0 Å². The number of unbranched alkanes of at least 4 members (excludes halogenated alkanes) is 2. The van der Waals surface area contributed by atoms with Crippen LogP contribution in [0.2, 0.25) is 0 Å². The lowest BCUT2D eigenvalue weighted by Crippen LogP contribution is -2.07. The molecule has 0 fully saturated rings. The van der Waals surface area contributed by atoms with Gasteiger partial charge in [0, 0.05) is 18.2 Å². The summed E-state index contributed by atoms with van der Waals surface area (Å²) in [5, 5.41) is 5.14. The fourth-order valence-electron chi connectivity index (χ4n) is 1.33. The number of alkyl halides is 1. The highest BCUT2D eigenvalue weighted by Gasteiger charge is 2.02. The van der Waals surface area contributed by atoms with Crippen molar-refractivity contribution in [3.05, 3.63) is 22.4 Å². The number of hydrogen-bond acceptors (Lipinski definition) is 3. The van der Waals surface area contributed by atoms with E-state index in [1.54, 1.807) is 11.3 Å². The predicted octanol–water partition coefficient (Wildman–Crippen LogP) is 3.79. The summed E-state index contributed by atoms with van der Waals surface area (Å²) < 4.78 is 5.15. The Kier molecular flexibility index (Phi) is 7.51. The molecule has 0 unspecified atom stereocenters. The van der Waals surface area contributed by atoms with Gasteiger partial charge in [-0.2, -0.15) is 11.3 Å². The molecule has 0 aromatic carbocycles. The van der Waals surface area contributed by atoms with Crippen LogP contribution in [0, 0.1) is 0 Å². The lowest BCUT2D eigenvalue weighted by atomic mass is 10.2. The highest BCUT2D eigenvalue weighted by molar-refractivity contribution is 9.09. The molecule has 0 radical (unpaired) electrons. The number of ether oxygens (including phenoxy) is 1. The molecule has 1 aromatic rings. The Balaban J connectivity index is 1.98. The maximum Gasteiger partial charge on any atom is 0.305 e. The van der Waals surface area contributed by atoms with E-state index in [0.29, 0.717) is 13.0 Å². The first-order valence-electron chi connectivity index (χ1n) is 5.55. The first kappa shape index (κ1) is 13.7. The van der Waals surface area contributed by atoms with Gasteiger partial charge in [-0.1, -0.05) is 22.4 Å². The highest BCUT2D eigenvalue weighted by Crippen LogP contribution is 2.07. The van der Waals surface area contributed by atoms with Crippen molar-refractivity contribution in [1.82, 2.24) is 0 Å². The molecule has 0 bridgehead atoms. The number of carbonyl (C=O) groups is 1. The van der Waals surface area contributed by atoms with Crippen molar-refractivity contribution >= 4 is 33.2 Å². The minimum Gasteiger partial charge on any atom is -0.465 e. The van der Waals surface area contributed by atoms with Crippen LogP contribution in [-0.4, -0.2) is 17.9 Å². The monoisotopic (exact) mass is 304 g/mol. The van der Waals surface area contributed by atoms with Crippen LogP contribution < -0.4 is 0 Å². The second-order valence-electron chi connectivity index (χ2n) is 3.60. The number of esters is 1. The van der Waals surface area contributed by atoms with E-state index in [4.69, 9.17) is 4.74 Å². The Morgan fingerprint density at radius 2 is 2.25 bits per heavy atom. The van der Waals surface area contributed by atoms with Crippen molar-refractivity contribution in [2.45, 2.75) is 32.1 Å². The van der Waals surface area contributed by atoms with Crippen LogP contribution in [0.4, 0.5) is 0 Å². The summed E-state index contributed by atoms with van der Waals surface area (Å²) >= 11 is 5.04. The highest BCUT2D eigenvalue weighted by atomic mass is 79.9. The van der Waals surface area contributed by atoms with Gasteiger partial charge in [0.05, 0.1) is 6.61 Å². The van der Waals surface area contributed by atoms with E-state index >= 15 is 0 Å². The third-order valence-corrected chi connectivity index (χ3v) is 3.54. The van der Waals surface area contributed by atoms with Gasteiger partial charge in [0.1, 0.15) is 0 Å². The molecule has 0 saturated carbocycles. The quantitative estimate of drug-likeness (QED) is 0.415. The maximum atomic E-state index is 11.3. The fraction of sp³-hybridized carbons (Fsp3) is 0.583. The fourth-order valence-corrected chi connectivity index (χ4v) is 2.43. The minimum absolute atomic E-state index is 0.0650. The van der Waals surface area contributed by atoms with Crippen molar-refractivity contribution in [2.24, 2.45) is 0 Å². The molecule has 1 rings (SSSR count). The third kappa shape index (κ3) is 6.28. The number of rotatable bonds is 8. The molecule has 0 amide bonds. The van der Waals surface area contributed by atoms with E-state index in [2.05, 4.69) is 27.4 Å². The molecule has 90 valence electrons. The zero-order chi connectivity index (χ0) is 11.6. The Morgan fingerprint density at radius 3 is 2.94 bits per heavy atom. The molecule has 0 saturated heterocycles. The largest absolute Gasteiger partial charge is 0.465 e. The maximum absolute atomic E-state index is 11.3. The van der Waals surface area contributed by atoms with Crippen LogP contribution in [0.1, 0.15) is 31.2 Å². The first-order valence-corrected chi connectivity index (χ1v) is 7.62. The van der Waals surface area contributed by atoms with Crippen molar-refractivity contribution in [3.63, 3.8) is 0 Å². The lowest BCUT2D eigenvalue weighted by Gasteiger charge is -2.03. The van der Waals surface area contributed by atoms with Crippen molar-refractivity contribution in [3.8, 4) is 0 Å². The summed E-state index contributed by atoms with van der Waals surface area (Å²) in [6, 6.07) is 2.06. The molecular weight excluding hydrogens is 288 g/mol. The van der Waals surface area contributed by atoms with Crippen molar-refractivity contribution in [2.75, 3.05) is 11.9 Å².